The summed E-state index contributed by atoms with van der Waals surface area (Å²) in [6.45, 7) is 4.35. The third-order valence-corrected chi connectivity index (χ3v) is 4.13. The Hall–Kier alpha value is -2.01. The molecular formula is C16H18ClN3O2. The Bertz CT molecular complexity index is 654. The molecule has 0 saturated carbocycles. The van der Waals surface area contributed by atoms with E-state index in [-0.39, 0.29) is 11.7 Å². The molecule has 1 saturated heterocycles. The van der Waals surface area contributed by atoms with Crippen molar-refractivity contribution in [3.63, 3.8) is 0 Å². The molecule has 0 bridgehead atoms. The first-order valence-corrected chi connectivity index (χ1v) is 7.71. The summed E-state index contributed by atoms with van der Waals surface area (Å²) in [6.07, 6.45) is 1.05. The van der Waals surface area contributed by atoms with E-state index in [0.29, 0.717) is 18.2 Å². The van der Waals surface area contributed by atoms with Crippen molar-refractivity contribution in [3.05, 3.63) is 46.8 Å². The van der Waals surface area contributed by atoms with Crippen molar-refractivity contribution in [2.75, 3.05) is 24.5 Å². The molecule has 0 radical (unpaired) electrons. The minimum atomic E-state index is -0.203. The second kappa shape index (κ2) is 6.40. The van der Waals surface area contributed by atoms with E-state index in [1.165, 1.54) is 5.69 Å². The largest absolute Gasteiger partial charge is 0.371 e. The Kier molecular flexibility index (Phi) is 4.34. The van der Waals surface area contributed by atoms with Crippen molar-refractivity contribution in [1.29, 1.82) is 0 Å². The van der Waals surface area contributed by atoms with Gasteiger partial charge in [0.05, 0.1) is 5.69 Å². The molecule has 2 aromatic rings. The number of carbonyl (C=O) groups excluding carboxylic acids is 1. The molecule has 0 spiro atoms. The third-order valence-electron chi connectivity index (χ3n) is 3.88. The van der Waals surface area contributed by atoms with Crippen LogP contribution in [0.5, 0.6) is 0 Å². The van der Waals surface area contributed by atoms with Gasteiger partial charge in [0.15, 0.2) is 0 Å². The fourth-order valence-electron chi connectivity index (χ4n) is 2.68. The van der Waals surface area contributed by atoms with Gasteiger partial charge in [-0.2, -0.15) is 0 Å². The zero-order valence-electron chi connectivity index (χ0n) is 12.4. The van der Waals surface area contributed by atoms with Crippen molar-refractivity contribution in [3.8, 4) is 0 Å². The zero-order chi connectivity index (χ0) is 15.5. The number of hydrogen-bond acceptors (Lipinski definition) is 4. The molecule has 5 nitrogen and oxygen atoms in total. The van der Waals surface area contributed by atoms with Crippen molar-refractivity contribution in [2.45, 2.75) is 13.3 Å². The molecule has 1 aliphatic rings. The molecule has 1 aromatic heterocycles. The maximum Gasteiger partial charge on any atom is 0.289 e. The van der Waals surface area contributed by atoms with E-state index in [4.69, 9.17) is 16.1 Å². The van der Waals surface area contributed by atoms with Crippen LogP contribution in [0.1, 0.15) is 22.7 Å². The molecule has 1 aromatic carbocycles. The van der Waals surface area contributed by atoms with Crippen LogP contribution in [0.4, 0.5) is 5.69 Å². The van der Waals surface area contributed by atoms with Crippen molar-refractivity contribution < 1.29 is 9.32 Å². The zero-order valence-corrected chi connectivity index (χ0v) is 13.1. The number of benzene rings is 1. The summed E-state index contributed by atoms with van der Waals surface area (Å²) >= 11 is 5.91. The number of rotatable bonds is 4. The number of aromatic nitrogens is 1. The highest BCUT2D eigenvalue weighted by Gasteiger charge is 2.23. The summed E-state index contributed by atoms with van der Waals surface area (Å²) in [5.41, 5.74) is 1.88. The molecule has 0 aliphatic carbocycles. The van der Waals surface area contributed by atoms with E-state index in [0.717, 1.165) is 24.5 Å². The predicted molar refractivity (Wildman–Crippen MR) is 85.3 cm³/mol. The average Bonchev–Trinajstić information content (AvgIpc) is 3.15. The van der Waals surface area contributed by atoms with Gasteiger partial charge in [0.25, 0.3) is 5.91 Å². The van der Waals surface area contributed by atoms with Crippen LogP contribution in [-0.4, -0.2) is 30.7 Å². The Morgan fingerprint density at radius 3 is 2.91 bits per heavy atom. The lowest BCUT2D eigenvalue weighted by atomic mass is 10.1. The predicted octanol–water partition coefficient (Wildman–Crippen LogP) is 2.89. The first-order chi connectivity index (χ1) is 10.6. The van der Waals surface area contributed by atoms with E-state index in [1.807, 2.05) is 24.3 Å². The number of nitrogens with one attached hydrogen (secondary N) is 1. The highest BCUT2D eigenvalue weighted by Crippen LogP contribution is 2.24. The number of hydrogen-bond donors (Lipinski definition) is 1. The lowest BCUT2D eigenvalue weighted by molar-refractivity contribution is 0.0911. The van der Waals surface area contributed by atoms with Crippen LogP contribution in [0.25, 0.3) is 0 Å². The van der Waals surface area contributed by atoms with E-state index in [2.05, 4.69) is 15.4 Å². The fourth-order valence-corrected chi connectivity index (χ4v) is 2.81. The molecular weight excluding hydrogens is 302 g/mol. The number of halogens is 1. The molecule has 1 aliphatic heterocycles. The van der Waals surface area contributed by atoms with Gasteiger partial charge in [-0.3, -0.25) is 4.79 Å². The van der Waals surface area contributed by atoms with Crippen molar-refractivity contribution >= 4 is 23.2 Å². The van der Waals surface area contributed by atoms with Gasteiger partial charge in [0.1, 0.15) is 0 Å². The summed E-state index contributed by atoms with van der Waals surface area (Å²) in [6, 6.07) is 9.50. The van der Waals surface area contributed by atoms with Gasteiger partial charge in [-0.1, -0.05) is 16.8 Å². The smallest absolute Gasteiger partial charge is 0.289 e. The Morgan fingerprint density at radius 2 is 2.23 bits per heavy atom. The molecule has 6 heteroatoms. The van der Waals surface area contributed by atoms with Gasteiger partial charge < -0.3 is 14.7 Å². The van der Waals surface area contributed by atoms with Crippen LogP contribution in [0.3, 0.4) is 0 Å². The molecule has 3 rings (SSSR count). The van der Waals surface area contributed by atoms with E-state index < -0.39 is 0 Å². The van der Waals surface area contributed by atoms with Crippen LogP contribution in [0, 0.1) is 12.8 Å². The normalized spacial score (nSPS) is 17.7. The number of nitrogens with zero attached hydrogens (tertiary/aromatic N) is 2. The van der Waals surface area contributed by atoms with Gasteiger partial charge in [-0.15, -0.1) is 0 Å². The van der Waals surface area contributed by atoms with Crippen LogP contribution >= 0.6 is 11.6 Å². The topological polar surface area (TPSA) is 58.4 Å². The summed E-state index contributed by atoms with van der Waals surface area (Å²) in [5, 5.41) is 7.38. The molecule has 0 unspecified atom stereocenters. The van der Waals surface area contributed by atoms with Gasteiger partial charge in [-0.05, 0) is 43.5 Å². The van der Waals surface area contributed by atoms with Crippen LogP contribution in [0.15, 0.2) is 34.9 Å². The lowest BCUT2D eigenvalue weighted by Crippen LogP contribution is -2.30. The van der Waals surface area contributed by atoms with E-state index in [1.54, 1.807) is 13.0 Å². The molecule has 1 fully saturated rings. The first-order valence-electron chi connectivity index (χ1n) is 7.34. The highest BCUT2D eigenvalue weighted by molar-refractivity contribution is 6.30. The minimum Gasteiger partial charge on any atom is -0.371 e. The third kappa shape index (κ3) is 3.42. The summed E-state index contributed by atoms with van der Waals surface area (Å²) in [4.78, 5) is 14.2. The Morgan fingerprint density at radius 1 is 1.45 bits per heavy atom. The van der Waals surface area contributed by atoms with Crippen LogP contribution < -0.4 is 10.2 Å². The molecule has 1 amide bonds. The monoisotopic (exact) mass is 319 g/mol. The second-order valence-electron chi connectivity index (χ2n) is 5.62. The van der Waals surface area contributed by atoms with Crippen LogP contribution in [0.2, 0.25) is 5.02 Å². The Balaban J connectivity index is 1.51. The number of aryl methyl sites for hydroxylation is 1. The fraction of sp³-hybridized carbons (Fsp3) is 0.375. The molecule has 116 valence electrons. The average molecular weight is 320 g/mol. The summed E-state index contributed by atoms with van der Waals surface area (Å²) < 4.78 is 4.96. The van der Waals surface area contributed by atoms with Crippen LogP contribution in [-0.2, 0) is 0 Å². The number of amides is 1. The van der Waals surface area contributed by atoms with Gasteiger partial charge in [-0.25, -0.2) is 0 Å². The standard InChI is InChI=1S/C16H18ClN3O2/c1-11-8-15(22-19-11)16(21)18-9-12-6-7-20(10-12)14-4-2-13(17)3-5-14/h2-5,8,12H,6-7,9-10H2,1H3,(H,18,21)/t12-/m1/s1. The lowest BCUT2D eigenvalue weighted by Gasteiger charge is -2.18. The highest BCUT2D eigenvalue weighted by atomic mass is 35.5. The van der Waals surface area contributed by atoms with Gasteiger partial charge in [0.2, 0.25) is 5.76 Å². The van der Waals surface area contributed by atoms with E-state index >= 15 is 0 Å². The first kappa shape index (κ1) is 14.9. The molecule has 2 heterocycles. The SMILES string of the molecule is Cc1cc(C(=O)NC[C@H]2CCN(c3ccc(Cl)cc3)C2)on1. The molecule has 1 N–H and O–H groups in total. The molecule has 22 heavy (non-hydrogen) atoms. The van der Waals surface area contributed by atoms with Gasteiger partial charge in [0, 0.05) is 36.4 Å². The summed E-state index contributed by atoms with van der Waals surface area (Å²) in [5.74, 6) is 0.499. The number of carbonyl (C=O) groups is 1. The maximum atomic E-state index is 11.9. The summed E-state index contributed by atoms with van der Waals surface area (Å²) in [7, 11) is 0. The number of anilines is 1. The van der Waals surface area contributed by atoms with Gasteiger partial charge >= 0.3 is 0 Å². The van der Waals surface area contributed by atoms with E-state index in [9.17, 15) is 4.79 Å². The Labute approximate surface area is 134 Å². The maximum absolute atomic E-state index is 11.9. The second-order valence-corrected chi connectivity index (χ2v) is 6.06. The molecule has 1 atom stereocenters. The van der Waals surface area contributed by atoms with Crippen molar-refractivity contribution in [2.24, 2.45) is 5.92 Å². The van der Waals surface area contributed by atoms with Crippen molar-refractivity contribution in [1.82, 2.24) is 10.5 Å². The quantitative estimate of drug-likeness (QED) is 0.941. The minimum absolute atomic E-state index is 0.203.